The number of nitrogens with two attached hydrogens (primary N) is 1. The van der Waals surface area contributed by atoms with Crippen molar-refractivity contribution < 1.29 is 0 Å². The molecule has 0 fully saturated rings. The third-order valence-electron chi connectivity index (χ3n) is 3.14. The van der Waals surface area contributed by atoms with Crippen molar-refractivity contribution in [2.45, 2.75) is 13.0 Å². The number of benzene rings is 2. The molecule has 1 heterocycles. The third-order valence-corrected chi connectivity index (χ3v) is 3.14. The minimum absolute atomic E-state index is 0.0287. The van der Waals surface area contributed by atoms with Crippen LogP contribution in [0.3, 0.4) is 0 Å². The van der Waals surface area contributed by atoms with Crippen molar-refractivity contribution in [2.75, 3.05) is 0 Å². The molecule has 18 heavy (non-hydrogen) atoms. The van der Waals surface area contributed by atoms with E-state index in [9.17, 15) is 0 Å². The molecule has 0 saturated heterocycles. The Kier molecular flexibility index (Phi) is 2.61. The van der Waals surface area contributed by atoms with E-state index in [2.05, 4.69) is 35.3 Å². The molecule has 0 unspecified atom stereocenters. The van der Waals surface area contributed by atoms with E-state index in [0.717, 1.165) is 11.4 Å². The van der Waals surface area contributed by atoms with Gasteiger partial charge in [-0.2, -0.15) is 0 Å². The second kappa shape index (κ2) is 4.27. The minimum Gasteiger partial charge on any atom is -0.323 e. The van der Waals surface area contributed by atoms with Gasteiger partial charge in [-0.25, -0.2) is 4.98 Å². The van der Waals surface area contributed by atoms with Crippen molar-refractivity contribution in [3.63, 3.8) is 0 Å². The number of nitrogens with zero attached hydrogens (tertiary/aromatic N) is 2. The molecule has 0 aliphatic carbocycles. The lowest BCUT2D eigenvalue weighted by Gasteiger charge is -2.11. The molecule has 3 nitrogen and oxygen atoms in total. The maximum absolute atomic E-state index is 5.95. The van der Waals surface area contributed by atoms with E-state index in [0.29, 0.717) is 0 Å². The van der Waals surface area contributed by atoms with Crippen LogP contribution in [0.4, 0.5) is 0 Å². The van der Waals surface area contributed by atoms with Gasteiger partial charge in [-0.15, -0.1) is 0 Å². The van der Waals surface area contributed by atoms with Crippen LogP contribution in [-0.4, -0.2) is 9.55 Å². The zero-order valence-electron chi connectivity index (χ0n) is 10.2. The fourth-order valence-electron chi connectivity index (χ4n) is 2.18. The molecular formula is C15H15N3. The highest BCUT2D eigenvalue weighted by Gasteiger charge is 2.08. The average molecular weight is 237 g/mol. The standard InChI is InChI=1S/C15H15N3/c1-11(16)15-9-17-10-18(15)14-7-6-12-4-2-3-5-13(12)8-14/h2-11H,16H2,1H3/t11-/m1/s1. The smallest absolute Gasteiger partial charge is 0.0994 e. The summed E-state index contributed by atoms with van der Waals surface area (Å²) in [4.78, 5) is 4.18. The molecule has 3 rings (SSSR count). The number of hydrogen-bond donors (Lipinski definition) is 1. The Labute approximate surface area is 106 Å². The van der Waals surface area contributed by atoms with Crippen LogP contribution in [0.5, 0.6) is 0 Å². The van der Waals surface area contributed by atoms with Crippen LogP contribution in [0.25, 0.3) is 16.5 Å². The number of hydrogen-bond acceptors (Lipinski definition) is 2. The minimum atomic E-state index is -0.0287. The molecule has 0 radical (unpaired) electrons. The predicted octanol–water partition coefficient (Wildman–Crippen LogP) is 3.05. The summed E-state index contributed by atoms with van der Waals surface area (Å²) in [7, 11) is 0. The second-order valence-electron chi connectivity index (χ2n) is 4.51. The van der Waals surface area contributed by atoms with Gasteiger partial charge in [0, 0.05) is 11.7 Å². The van der Waals surface area contributed by atoms with Crippen molar-refractivity contribution in [2.24, 2.45) is 5.73 Å². The maximum atomic E-state index is 5.95. The molecule has 0 amide bonds. The van der Waals surface area contributed by atoms with Crippen LogP contribution in [0.2, 0.25) is 0 Å². The molecule has 2 aromatic carbocycles. The Hall–Kier alpha value is -2.13. The first-order valence-electron chi connectivity index (χ1n) is 6.03. The zero-order chi connectivity index (χ0) is 12.5. The SMILES string of the molecule is C[C@@H](N)c1cncn1-c1ccc2ccccc2c1. The van der Waals surface area contributed by atoms with Gasteiger partial charge in [-0.1, -0.05) is 30.3 Å². The summed E-state index contributed by atoms with van der Waals surface area (Å²) in [5.74, 6) is 0. The zero-order valence-corrected chi connectivity index (χ0v) is 10.2. The maximum Gasteiger partial charge on any atom is 0.0994 e. The molecule has 1 atom stereocenters. The van der Waals surface area contributed by atoms with Gasteiger partial charge in [0.1, 0.15) is 0 Å². The van der Waals surface area contributed by atoms with Gasteiger partial charge in [-0.3, -0.25) is 0 Å². The van der Waals surface area contributed by atoms with Crippen molar-refractivity contribution in [3.8, 4) is 5.69 Å². The van der Waals surface area contributed by atoms with Crippen molar-refractivity contribution in [1.82, 2.24) is 9.55 Å². The van der Waals surface area contributed by atoms with Crippen molar-refractivity contribution in [3.05, 3.63) is 60.7 Å². The van der Waals surface area contributed by atoms with Gasteiger partial charge in [-0.05, 0) is 29.8 Å². The molecule has 3 aromatic rings. The fraction of sp³-hybridized carbons (Fsp3) is 0.133. The fourth-order valence-corrected chi connectivity index (χ4v) is 2.18. The lowest BCUT2D eigenvalue weighted by atomic mass is 10.1. The molecule has 0 spiro atoms. The molecule has 90 valence electrons. The Balaban J connectivity index is 2.16. The van der Waals surface area contributed by atoms with E-state index in [4.69, 9.17) is 5.73 Å². The van der Waals surface area contributed by atoms with Crippen LogP contribution < -0.4 is 5.73 Å². The first kappa shape index (κ1) is 11.0. The van der Waals surface area contributed by atoms with Gasteiger partial charge >= 0.3 is 0 Å². The lowest BCUT2D eigenvalue weighted by Crippen LogP contribution is -2.10. The summed E-state index contributed by atoms with van der Waals surface area (Å²) >= 11 is 0. The van der Waals surface area contributed by atoms with Gasteiger partial charge < -0.3 is 10.3 Å². The van der Waals surface area contributed by atoms with Crippen LogP contribution in [0, 0.1) is 0 Å². The topological polar surface area (TPSA) is 43.8 Å². The van der Waals surface area contributed by atoms with Crippen LogP contribution >= 0.6 is 0 Å². The molecule has 0 saturated carbocycles. The number of aromatic nitrogens is 2. The average Bonchev–Trinajstić information content (AvgIpc) is 2.87. The third kappa shape index (κ3) is 1.79. The largest absolute Gasteiger partial charge is 0.323 e. The first-order valence-corrected chi connectivity index (χ1v) is 6.03. The van der Waals surface area contributed by atoms with Gasteiger partial charge in [0.25, 0.3) is 0 Å². The number of imidazole rings is 1. The molecule has 0 aliphatic rings. The highest BCUT2D eigenvalue weighted by molar-refractivity contribution is 5.84. The van der Waals surface area contributed by atoms with Crippen LogP contribution in [0.1, 0.15) is 18.7 Å². The molecule has 2 N–H and O–H groups in total. The van der Waals surface area contributed by atoms with E-state index in [1.165, 1.54) is 10.8 Å². The Morgan fingerprint density at radius 1 is 1.11 bits per heavy atom. The summed E-state index contributed by atoms with van der Waals surface area (Å²) in [6.45, 7) is 1.97. The summed E-state index contributed by atoms with van der Waals surface area (Å²) in [5.41, 5.74) is 8.06. The van der Waals surface area contributed by atoms with E-state index in [1.54, 1.807) is 0 Å². The molecule has 1 aromatic heterocycles. The first-order chi connectivity index (χ1) is 8.75. The normalized spacial score (nSPS) is 12.8. The van der Waals surface area contributed by atoms with Crippen LogP contribution in [-0.2, 0) is 0 Å². The molecule has 0 aliphatic heterocycles. The second-order valence-corrected chi connectivity index (χ2v) is 4.51. The summed E-state index contributed by atoms with van der Waals surface area (Å²) in [5, 5.41) is 2.46. The van der Waals surface area contributed by atoms with Gasteiger partial charge in [0.05, 0.1) is 18.2 Å². The van der Waals surface area contributed by atoms with Gasteiger partial charge in [0.15, 0.2) is 0 Å². The van der Waals surface area contributed by atoms with Gasteiger partial charge in [0.2, 0.25) is 0 Å². The summed E-state index contributed by atoms with van der Waals surface area (Å²) in [6.07, 6.45) is 3.63. The van der Waals surface area contributed by atoms with Crippen LogP contribution in [0.15, 0.2) is 55.0 Å². The van der Waals surface area contributed by atoms with E-state index in [1.807, 2.05) is 36.1 Å². The molecule has 0 bridgehead atoms. The van der Waals surface area contributed by atoms with E-state index in [-0.39, 0.29) is 6.04 Å². The number of fused-ring (bicyclic) bond motifs is 1. The molecule has 3 heteroatoms. The molecular weight excluding hydrogens is 222 g/mol. The quantitative estimate of drug-likeness (QED) is 0.744. The Morgan fingerprint density at radius 2 is 1.89 bits per heavy atom. The number of rotatable bonds is 2. The summed E-state index contributed by atoms with van der Waals surface area (Å²) in [6, 6.07) is 14.7. The Morgan fingerprint density at radius 3 is 2.67 bits per heavy atom. The van der Waals surface area contributed by atoms with E-state index >= 15 is 0 Å². The monoisotopic (exact) mass is 237 g/mol. The predicted molar refractivity (Wildman–Crippen MR) is 73.7 cm³/mol. The van der Waals surface area contributed by atoms with E-state index < -0.39 is 0 Å². The summed E-state index contributed by atoms with van der Waals surface area (Å²) < 4.78 is 2.04. The highest BCUT2D eigenvalue weighted by atomic mass is 15.1. The lowest BCUT2D eigenvalue weighted by molar-refractivity contribution is 0.753. The van der Waals surface area contributed by atoms with Crippen molar-refractivity contribution in [1.29, 1.82) is 0 Å². The Bertz CT molecular complexity index is 683. The van der Waals surface area contributed by atoms with Crippen molar-refractivity contribution >= 4 is 10.8 Å². The highest BCUT2D eigenvalue weighted by Crippen LogP contribution is 2.21.